The molecule has 1 fully saturated rings. The molecule has 1 saturated heterocycles. The molecule has 1 atom stereocenters. The molecule has 0 aromatic carbocycles. The number of carbonyl (C=O) groups is 1. The van der Waals surface area contributed by atoms with Gasteiger partial charge < -0.3 is 14.6 Å². The minimum atomic E-state index is 0.110. The summed E-state index contributed by atoms with van der Waals surface area (Å²) in [6, 6.07) is 4.03. The van der Waals surface area contributed by atoms with Gasteiger partial charge in [0, 0.05) is 26.4 Å². The van der Waals surface area contributed by atoms with Gasteiger partial charge >= 0.3 is 0 Å². The number of aromatic nitrogens is 1. The number of rotatable bonds is 4. The van der Waals surface area contributed by atoms with Crippen molar-refractivity contribution in [2.75, 3.05) is 18.9 Å². The second-order valence-corrected chi connectivity index (χ2v) is 4.94. The summed E-state index contributed by atoms with van der Waals surface area (Å²) in [5.41, 5.74) is 1.15. The van der Waals surface area contributed by atoms with Crippen LogP contribution in [0.2, 0.25) is 0 Å². The Morgan fingerprint density at radius 3 is 3.06 bits per heavy atom. The average Bonchev–Trinajstić information content (AvgIpc) is 2.82. The van der Waals surface area contributed by atoms with Gasteiger partial charge in [-0.25, -0.2) is 0 Å². The van der Waals surface area contributed by atoms with E-state index in [1.807, 2.05) is 34.8 Å². The third-order valence-corrected chi connectivity index (χ3v) is 3.99. The number of hydrogen-bond donors (Lipinski definition) is 1. The zero-order chi connectivity index (χ0) is 11.5. The maximum Gasteiger partial charge on any atom is 0.233 e. The van der Waals surface area contributed by atoms with Crippen LogP contribution in [-0.2, 0) is 11.8 Å². The Morgan fingerprint density at radius 2 is 2.44 bits per heavy atom. The van der Waals surface area contributed by atoms with Crippen molar-refractivity contribution in [2.45, 2.75) is 11.8 Å². The third-order valence-electron chi connectivity index (χ3n) is 2.76. The van der Waals surface area contributed by atoms with E-state index in [1.165, 1.54) is 0 Å². The zero-order valence-electron chi connectivity index (χ0n) is 9.30. The van der Waals surface area contributed by atoms with Gasteiger partial charge in [-0.2, -0.15) is 0 Å². The first-order valence-electron chi connectivity index (χ1n) is 5.37. The van der Waals surface area contributed by atoms with Crippen LogP contribution in [0.25, 0.3) is 0 Å². The Balaban J connectivity index is 2.14. The topological polar surface area (TPSA) is 45.5 Å². The van der Waals surface area contributed by atoms with Crippen LogP contribution in [0.3, 0.4) is 0 Å². The highest BCUT2D eigenvalue weighted by Crippen LogP contribution is 2.38. The van der Waals surface area contributed by atoms with Gasteiger partial charge in [0.05, 0.1) is 11.4 Å². The predicted molar refractivity (Wildman–Crippen MR) is 64.0 cm³/mol. The summed E-state index contributed by atoms with van der Waals surface area (Å²) in [4.78, 5) is 13.6. The molecule has 0 bridgehead atoms. The maximum atomic E-state index is 11.7. The number of aliphatic hydroxyl groups is 1. The van der Waals surface area contributed by atoms with Gasteiger partial charge in [-0.1, -0.05) is 0 Å². The van der Waals surface area contributed by atoms with Crippen LogP contribution in [0.1, 0.15) is 17.5 Å². The molecule has 1 amide bonds. The van der Waals surface area contributed by atoms with E-state index in [1.54, 1.807) is 11.8 Å². The van der Waals surface area contributed by atoms with Crippen LogP contribution in [0.15, 0.2) is 18.3 Å². The highest BCUT2D eigenvalue weighted by molar-refractivity contribution is 8.00. The normalized spacial score (nSPS) is 20.8. The van der Waals surface area contributed by atoms with Gasteiger partial charge in [-0.05, 0) is 18.6 Å². The number of aliphatic hydroxyl groups excluding tert-OH is 1. The fourth-order valence-corrected chi connectivity index (χ4v) is 3.20. The SMILES string of the molecule is Cn1cccc1C1SCC(=O)N1CCCO. The lowest BCUT2D eigenvalue weighted by Crippen LogP contribution is -2.30. The number of carbonyl (C=O) groups excluding carboxylic acids is 1. The highest BCUT2D eigenvalue weighted by Gasteiger charge is 2.33. The molecule has 4 nitrogen and oxygen atoms in total. The van der Waals surface area contributed by atoms with Crippen LogP contribution >= 0.6 is 11.8 Å². The van der Waals surface area contributed by atoms with Crippen LogP contribution in [0.5, 0.6) is 0 Å². The molecule has 0 aliphatic carbocycles. The second-order valence-electron chi connectivity index (χ2n) is 3.87. The minimum Gasteiger partial charge on any atom is -0.396 e. The van der Waals surface area contributed by atoms with E-state index in [-0.39, 0.29) is 17.9 Å². The monoisotopic (exact) mass is 240 g/mol. The maximum absolute atomic E-state index is 11.7. The molecule has 1 unspecified atom stereocenters. The molecule has 1 aromatic heterocycles. The molecule has 1 aliphatic rings. The molecule has 1 aliphatic heterocycles. The second kappa shape index (κ2) is 4.93. The third kappa shape index (κ3) is 2.10. The molecule has 1 N–H and O–H groups in total. The number of nitrogens with zero attached hydrogens (tertiary/aromatic N) is 2. The lowest BCUT2D eigenvalue weighted by molar-refractivity contribution is -0.128. The molecule has 2 rings (SSSR count). The van der Waals surface area contributed by atoms with Crippen molar-refractivity contribution in [2.24, 2.45) is 7.05 Å². The largest absolute Gasteiger partial charge is 0.396 e. The molecule has 0 radical (unpaired) electrons. The molecular weight excluding hydrogens is 224 g/mol. The lowest BCUT2D eigenvalue weighted by atomic mass is 10.3. The van der Waals surface area contributed by atoms with Gasteiger partial charge in [0.1, 0.15) is 5.37 Å². The summed E-state index contributed by atoms with van der Waals surface area (Å²) in [5.74, 6) is 0.714. The van der Waals surface area contributed by atoms with Gasteiger partial charge in [-0.3, -0.25) is 4.79 Å². The quantitative estimate of drug-likeness (QED) is 0.853. The van der Waals surface area contributed by atoms with Crippen molar-refractivity contribution in [3.63, 3.8) is 0 Å². The van der Waals surface area contributed by atoms with Crippen LogP contribution in [0.4, 0.5) is 0 Å². The molecule has 5 heteroatoms. The fourth-order valence-electron chi connectivity index (χ4n) is 1.91. The van der Waals surface area contributed by atoms with Crippen molar-refractivity contribution in [1.29, 1.82) is 0 Å². The van der Waals surface area contributed by atoms with E-state index in [0.717, 1.165) is 5.69 Å². The Hall–Kier alpha value is -0.940. The van der Waals surface area contributed by atoms with Gasteiger partial charge in [0.25, 0.3) is 0 Å². The molecular formula is C11H16N2O2S. The van der Waals surface area contributed by atoms with Gasteiger partial charge in [0.2, 0.25) is 5.91 Å². The highest BCUT2D eigenvalue weighted by atomic mass is 32.2. The Morgan fingerprint density at radius 1 is 1.62 bits per heavy atom. The Kier molecular flexibility index (Phi) is 3.56. The summed E-state index contributed by atoms with van der Waals surface area (Å²) in [7, 11) is 1.99. The summed E-state index contributed by atoms with van der Waals surface area (Å²) in [5, 5.41) is 8.94. The molecule has 2 heterocycles. The Bertz CT molecular complexity index is 378. The van der Waals surface area contributed by atoms with E-state index in [2.05, 4.69) is 0 Å². The van der Waals surface area contributed by atoms with E-state index in [4.69, 9.17) is 5.11 Å². The zero-order valence-corrected chi connectivity index (χ0v) is 10.1. The van der Waals surface area contributed by atoms with E-state index in [9.17, 15) is 4.79 Å². The number of thioether (sulfide) groups is 1. The summed E-state index contributed by atoms with van der Waals surface area (Å²) in [6.45, 7) is 0.770. The van der Waals surface area contributed by atoms with Crippen molar-refractivity contribution < 1.29 is 9.90 Å². The molecule has 0 spiro atoms. The molecule has 1 aromatic rings. The number of aryl methyl sites for hydroxylation is 1. The first-order chi connectivity index (χ1) is 7.74. The predicted octanol–water partition coefficient (Wildman–Crippen LogP) is 0.982. The van der Waals surface area contributed by atoms with Crippen LogP contribution in [-0.4, -0.2) is 39.4 Å². The minimum absolute atomic E-state index is 0.110. The molecule has 16 heavy (non-hydrogen) atoms. The van der Waals surface area contributed by atoms with Crippen molar-refractivity contribution in [1.82, 2.24) is 9.47 Å². The van der Waals surface area contributed by atoms with E-state index < -0.39 is 0 Å². The molecule has 0 saturated carbocycles. The van der Waals surface area contributed by atoms with Crippen LogP contribution < -0.4 is 0 Å². The summed E-state index contributed by atoms with van der Waals surface area (Å²) < 4.78 is 2.04. The number of hydrogen-bond acceptors (Lipinski definition) is 3. The van der Waals surface area contributed by atoms with Crippen LogP contribution in [0, 0.1) is 0 Å². The fraction of sp³-hybridized carbons (Fsp3) is 0.545. The standard InChI is InChI=1S/C11H16N2O2S/c1-12-5-2-4-9(12)11-13(6-3-7-14)10(15)8-16-11/h2,4-5,11,14H,3,6-8H2,1H3. The average molecular weight is 240 g/mol. The van der Waals surface area contributed by atoms with Crippen molar-refractivity contribution >= 4 is 17.7 Å². The van der Waals surface area contributed by atoms with Gasteiger partial charge in [-0.15, -0.1) is 11.8 Å². The lowest BCUT2D eigenvalue weighted by Gasteiger charge is -2.24. The Labute approximate surface area is 99.2 Å². The van der Waals surface area contributed by atoms with E-state index >= 15 is 0 Å². The van der Waals surface area contributed by atoms with Crippen molar-refractivity contribution in [3.05, 3.63) is 24.0 Å². The first kappa shape index (κ1) is 11.5. The van der Waals surface area contributed by atoms with Gasteiger partial charge in [0.15, 0.2) is 0 Å². The summed E-state index contributed by atoms with van der Waals surface area (Å²) >= 11 is 1.65. The van der Waals surface area contributed by atoms with Crippen molar-refractivity contribution in [3.8, 4) is 0 Å². The molecule has 88 valence electrons. The smallest absolute Gasteiger partial charge is 0.233 e. The van der Waals surface area contributed by atoms with E-state index in [0.29, 0.717) is 18.7 Å². The number of amides is 1. The summed E-state index contributed by atoms with van der Waals surface area (Å²) in [6.07, 6.45) is 2.64. The first-order valence-corrected chi connectivity index (χ1v) is 6.42.